The fourth-order valence-corrected chi connectivity index (χ4v) is 3.20. The molecule has 24 heavy (non-hydrogen) atoms. The van der Waals surface area contributed by atoms with Gasteiger partial charge in [0.15, 0.2) is 16.3 Å². The Balaban J connectivity index is 1.83. The lowest BCUT2D eigenvalue weighted by atomic mass is 10.2. The predicted octanol–water partition coefficient (Wildman–Crippen LogP) is 0.894. The number of hydrogen-bond donors (Lipinski definition) is 0. The Kier molecular flexibility index (Phi) is 4.39. The number of imidazole rings is 1. The molecule has 3 rings (SSSR count). The molecule has 2 heterocycles. The fraction of sp³-hybridized carbons (Fsp3) is 0.250. The second-order valence-electron chi connectivity index (χ2n) is 5.40. The molecule has 7 nitrogen and oxygen atoms in total. The minimum absolute atomic E-state index is 0.00435. The summed E-state index contributed by atoms with van der Waals surface area (Å²) in [6, 6.07) is 9.48. The van der Waals surface area contributed by atoms with Gasteiger partial charge in [-0.25, -0.2) is 9.78 Å². The lowest BCUT2D eigenvalue weighted by Crippen LogP contribution is -2.37. The first-order valence-electron chi connectivity index (χ1n) is 7.29. The van der Waals surface area contributed by atoms with E-state index in [1.54, 1.807) is 11.6 Å². The van der Waals surface area contributed by atoms with Gasteiger partial charge in [0.1, 0.15) is 0 Å². The third kappa shape index (κ3) is 2.92. The van der Waals surface area contributed by atoms with Crippen molar-refractivity contribution in [1.29, 1.82) is 0 Å². The first kappa shape index (κ1) is 16.3. The molecular formula is C16H16N4O3S. The van der Waals surface area contributed by atoms with E-state index in [-0.39, 0.29) is 11.0 Å². The van der Waals surface area contributed by atoms with Crippen LogP contribution in [0.25, 0.3) is 11.2 Å². The summed E-state index contributed by atoms with van der Waals surface area (Å²) in [5.41, 5.74) is 0.745. The Hall–Kier alpha value is -2.61. The summed E-state index contributed by atoms with van der Waals surface area (Å²) in [6.45, 7) is 0. The van der Waals surface area contributed by atoms with E-state index in [2.05, 4.69) is 4.98 Å². The molecule has 0 atom stereocenters. The van der Waals surface area contributed by atoms with Gasteiger partial charge in [0, 0.05) is 20.5 Å². The zero-order valence-electron chi connectivity index (χ0n) is 13.3. The van der Waals surface area contributed by atoms with E-state index in [4.69, 9.17) is 0 Å². The Morgan fingerprint density at radius 3 is 2.54 bits per heavy atom. The van der Waals surface area contributed by atoms with E-state index in [0.29, 0.717) is 17.6 Å². The highest BCUT2D eigenvalue weighted by Gasteiger charge is 2.15. The highest BCUT2D eigenvalue weighted by Crippen LogP contribution is 2.14. The lowest BCUT2D eigenvalue weighted by molar-refractivity contribution is -0.110. The monoisotopic (exact) mass is 344 g/mol. The number of aryl methyl sites for hydroxylation is 1. The topological polar surface area (TPSA) is 78.9 Å². The van der Waals surface area contributed by atoms with Crippen molar-refractivity contribution in [2.75, 3.05) is 0 Å². The van der Waals surface area contributed by atoms with Crippen LogP contribution in [0.5, 0.6) is 0 Å². The molecule has 0 aliphatic rings. The maximum atomic E-state index is 12.3. The Morgan fingerprint density at radius 2 is 1.83 bits per heavy atom. The van der Waals surface area contributed by atoms with Crippen molar-refractivity contribution in [3.8, 4) is 0 Å². The Labute approximate surface area is 141 Å². The van der Waals surface area contributed by atoms with Crippen molar-refractivity contribution in [3.05, 3.63) is 63.1 Å². The van der Waals surface area contributed by atoms with Gasteiger partial charge < -0.3 is 4.57 Å². The second kappa shape index (κ2) is 6.48. The maximum absolute atomic E-state index is 12.3. The van der Waals surface area contributed by atoms with E-state index in [1.807, 2.05) is 30.3 Å². The molecule has 0 aliphatic heterocycles. The normalized spacial score (nSPS) is 11.1. The number of thioether (sulfide) groups is 1. The van der Waals surface area contributed by atoms with E-state index >= 15 is 0 Å². The smallest absolute Gasteiger partial charge is 0.314 e. The minimum Gasteiger partial charge on any atom is -0.314 e. The summed E-state index contributed by atoms with van der Waals surface area (Å²) in [4.78, 5) is 40.5. The van der Waals surface area contributed by atoms with Gasteiger partial charge in [-0.05, 0) is 5.56 Å². The summed E-state index contributed by atoms with van der Waals surface area (Å²) >= 11 is 1.12. The van der Waals surface area contributed by atoms with Gasteiger partial charge in [-0.1, -0.05) is 42.1 Å². The molecule has 0 unspecified atom stereocenters. The van der Waals surface area contributed by atoms with Crippen LogP contribution >= 0.6 is 11.8 Å². The number of hydrogen-bond acceptors (Lipinski definition) is 5. The van der Waals surface area contributed by atoms with E-state index in [9.17, 15) is 14.4 Å². The summed E-state index contributed by atoms with van der Waals surface area (Å²) < 4.78 is 3.96. The fourth-order valence-electron chi connectivity index (χ4n) is 2.45. The molecule has 0 radical (unpaired) electrons. The Morgan fingerprint density at radius 1 is 1.12 bits per heavy atom. The molecule has 0 saturated heterocycles. The molecule has 0 fully saturated rings. The number of fused-ring (bicyclic) bond motifs is 1. The summed E-state index contributed by atoms with van der Waals surface area (Å²) in [5.74, 6) is 0.273. The second-order valence-corrected chi connectivity index (χ2v) is 6.40. The average molecular weight is 344 g/mol. The van der Waals surface area contributed by atoms with Crippen LogP contribution in [-0.4, -0.2) is 23.8 Å². The van der Waals surface area contributed by atoms with Crippen molar-refractivity contribution < 1.29 is 4.79 Å². The third-order valence-corrected chi connectivity index (χ3v) is 4.65. The molecule has 0 saturated carbocycles. The molecule has 0 N–H and O–H groups in total. The number of aromatic nitrogens is 4. The van der Waals surface area contributed by atoms with Crippen LogP contribution in [0.2, 0.25) is 0 Å². The van der Waals surface area contributed by atoms with Crippen molar-refractivity contribution in [2.45, 2.75) is 12.3 Å². The number of carbonyl (C=O) groups is 1. The van der Waals surface area contributed by atoms with Crippen molar-refractivity contribution in [2.24, 2.45) is 14.1 Å². The molecule has 0 aliphatic carbocycles. The molecular weight excluding hydrogens is 328 g/mol. The highest BCUT2D eigenvalue weighted by molar-refractivity contribution is 8.12. The van der Waals surface area contributed by atoms with Crippen molar-refractivity contribution >= 4 is 28.0 Å². The van der Waals surface area contributed by atoms with Gasteiger partial charge in [-0.2, -0.15) is 0 Å². The summed E-state index contributed by atoms with van der Waals surface area (Å²) in [6.07, 6.45) is 1.81. The van der Waals surface area contributed by atoms with Gasteiger partial charge >= 0.3 is 5.69 Å². The molecule has 0 bridgehead atoms. The quantitative estimate of drug-likeness (QED) is 0.702. The zero-order chi connectivity index (χ0) is 17.3. The van der Waals surface area contributed by atoms with Crippen molar-refractivity contribution in [3.63, 3.8) is 0 Å². The minimum atomic E-state index is -0.425. The van der Waals surface area contributed by atoms with Gasteiger partial charge in [0.25, 0.3) is 5.56 Å². The van der Waals surface area contributed by atoms with E-state index < -0.39 is 11.2 Å². The summed E-state index contributed by atoms with van der Waals surface area (Å²) in [7, 11) is 2.99. The van der Waals surface area contributed by atoms with Crippen LogP contribution in [0.15, 0.2) is 46.2 Å². The van der Waals surface area contributed by atoms with Crippen LogP contribution < -0.4 is 11.2 Å². The molecule has 1 aromatic carbocycles. The average Bonchev–Trinajstić information content (AvgIpc) is 3.01. The first-order valence-corrected chi connectivity index (χ1v) is 8.28. The number of carbonyl (C=O) groups excluding carboxylic acids is 1. The van der Waals surface area contributed by atoms with Gasteiger partial charge in [0.05, 0.1) is 12.2 Å². The van der Waals surface area contributed by atoms with Crippen molar-refractivity contribution in [1.82, 2.24) is 18.7 Å². The largest absolute Gasteiger partial charge is 0.332 e. The van der Waals surface area contributed by atoms with Gasteiger partial charge in [-0.15, -0.1) is 0 Å². The molecule has 124 valence electrons. The predicted molar refractivity (Wildman–Crippen MR) is 93.0 cm³/mol. The highest BCUT2D eigenvalue weighted by atomic mass is 32.2. The SMILES string of the molecule is Cn1c(=O)c2c(ncn2CSC(=O)Cc2ccccc2)n(C)c1=O. The van der Waals surface area contributed by atoms with Gasteiger partial charge in [0.2, 0.25) is 0 Å². The zero-order valence-corrected chi connectivity index (χ0v) is 14.1. The number of nitrogens with zero attached hydrogens (tertiary/aromatic N) is 4. The number of rotatable bonds is 4. The van der Waals surface area contributed by atoms with E-state index in [1.165, 1.54) is 17.9 Å². The standard InChI is InChI=1S/C16H16N4O3S/c1-18-14-13(15(22)19(2)16(18)23)20(9-17-14)10-24-12(21)8-11-6-4-3-5-7-11/h3-7,9H,8,10H2,1-2H3. The van der Waals surface area contributed by atoms with Crippen LogP contribution in [-0.2, 0) is 31.2 Å². The summed E-state index contributed by atoms with van der Waals surface area (Å²) in [5, 5.41) is 0.00435. The molecule has 8 heteroatoms. The first-order chi connectivity index (χ1) is 11.5. The lowest BCUT2D eigenvalue weighted by Gasteiger charge is -2.06. The van der Waals surface area contributed by atoms with Crippen LogP contribution in [0.3, 0.4) is 0 Å². The molecule has 0 amide bonds. The number of benzene rings is 1. The van der Waals surface area contributed by atoms with E-state index in [0.717, 1.165) is 21.9 Å². The molecule has 2 aromatic heterocycles. The Bertz CT molecular complexity index is 1020. The van der Waals surface area contributed by atoms with Crippen LogP contribution in [0, 0.1) is 0 Å². The maximum Gasteiger partial charge on any atom is 0.332 e. The van der Waals surface area contributed by atoms with Gasteiger partial charge in [-0.3, -0.25) is 18.7 Å². The molecule has 3 aromatic rings. The third-order valence-electron chi connectivity index (χ3n) is 3.77. The molecule has 0 spiro atoms. The van der Waals surface area contributed by atoms with Crippen LogP contribution in [0.4, 0.5) is 0 Å². The van der Waals surface area contributed by atoms with Crippen LogP contribution in [0.1, 0.15) is 5.56 Å².